The summed E-state index contributed by atoms with van der Waals surface area (Å²) < 4.78 is 0. The van der Waals surface area contributed by atoms with Gasteiger partial charge in [-0.05, 0) is 30.0 Å². The molecule has 3 heteroatoms. The monoisotopic (exact) mass is 334 g/mol. The van der Waals surface area contributed by atoms with Crippen LogP contribution in [-0.4, -0.2) is 23.9 Å². The van der Waals surface area contributed by atoms with Crippen molar-refractivity contribution < 1.29 is 0 Å². The third kappa shape index (κ3) is 2.78. The summed E-state index contributed by atoms with van der Waals surface area (Å²) in [5.74, 6) is 1.10. The highest BCUT2D eigenvalue weighted by atomic mass is 32.2. The molecule has 0 aromatic heterocycles. The summed E-state index contributed by atoms with van der Waals surface area (Å²) in [4.78, 5) is 4.65. The van der Waals surface area contributed by atoms with Crippen molar-refractivity contribution in [2.24, 2.45) is 4.99 Å². The molecule has 0 aliphatic carbocycles. The van der Waals surface area contributed by atoms with E-state index >= 15 is 0 Å². The molecule has 122 valence electrons. The topological polar surface area (TPSA) is 24.4 Å². The lowest BCUT2D eigenvalue weighted by Gasteiger charge is -2.41. The first-order valence-corrected chi connectivity index (χ1v) is 9.62. The van der Waals surface area contributed by atoms with Gasteiger partial charge < -0.3 is 5.32 Å². The van der Waals surface area contributed by atoms with Gasteiger partial charge in [-0.15, -0.1) is 11.8 Å². The predicted molar refractivity (Wildman–Crippen MR) is 104 cm³/mol. The Kier molecular flexibility index (Phi) is 4.44. The van der Waals surface area contributed by atoms with Crippen molar-refractivity contribution in [1.29, 1.82) is 0 Å². The minimum Gasteiger partial charge on any atom is -0.387 e. The van der Waals surface area contributed by atoms with Crippen molar-refractivity contribution in [3.05, 3.63) is 83.6 Å². The second kappa shape index (κ2) is 6.86. The molecular weight excluding hydrogens is 312 g/mol. The van der Waals surface area contributed by atoms with Crippen LogP contribution in [0.2, 0.25) is 0 Å². The summed E-state index contributed by atoms with van der Waals surface area (Å²) in [7, 11) is 0. The van der Waals surface area contributed by atoms with E-state index in [4.69, 9.17) is 0 Å². The quantitative estimate of drug-likeness (QED) is 0.900. The Morgan fingerprint density at radius 2 is 1.62 bits per heavy atom. The van der Waals surface area contributed by atoms with Gasteiger partial charge >= 0.3 is 0 Å². The molecule has 0 saturated carbocycles. The van der Waals surface area contributed by atoms with Crippen molar-refractivity contribution in [2.45, 2.75) is 18.3 Å². The van der Waals surface area contributed by atoms with Crippen molar-refractivity contribution in [1.82, 2.24) is 5.32 Å². The fraction of sp³-hybridized carbons (Fsp3) is 0.286. The Bertz CT molecular complexity index is 710. The molecule has 0 radical (unpaired) electrons. The van der Waals surface area contributed by atoms with Gasteiger partial charge in [0.1, 0.15) is 0 Å². The standard InChI is InChI=1S/C21H22N2S/c1-3-8-17(9-4-1)21(18-10-5-2-6-11-18)12-7-13-22-19(21)16-20-23-14-15-24-20/h1-6,8-11,16,22H,7,12-15H2/b19-16-. The highest BCUT2D eigenvalue weighted by molar-refractivity contribution is 8.14. The van der Waals surface area contributed by atoms with Crippen LogP contribution in [0, 0.1) is 0 Å². The summed E-state index contributed by atoms with van der Waals surface area (Å²) in [5, 5.41) is 4.86. The number of nitrogens with one attached hydrogen (secondary N) is 1. The van der Waals surface area contributed by atoms with E-state index in [1.54, 1.807) is 0 Å². The molecule has 0 unspecified atom stereocenters. The maximum absolute atomic E-state index is 4.65. The summed E-state index contributed by atoms with van der Waals surface area (Å²) in [6.07, 6.45) is 4.58. The van der Waals surface area contributed by atoms with E-state index in [1.165, 1.54) is 23.2 Å². The van der Waals surface area contributed by atoms with Crippen molar-refractivity contribution in [2.75, 3.05) is 18.8 Å². The molecule has 2 nitrogen and oxygen atoms in total. The van der Waals surface area contributed by atoms with Gasteiger partial charge in [-0.3, -0.25) is 4.99 Å². The number of nitrogens with zero attached hydrogens (tertiary/aromatic N) is 1. The first-order chi connectivity index (χ1) is 11.9. The molecule has 0 atom stereocenters. The molecular formula is C21H22N2S. The van der Waals surface area contributed by atoms with Crippen molar-refractivity contribution in [3.63, 3.8) is 0 Å². The first-order valence-electron chi connectivity index (χ1n) is 8.64. The SMILES string of the molecule is C(/C1=NCCS1)=C1/NCCCC1(c1ccccc1)c1ccccc1. The number of thioether (sulfide) groups is 1. The average molecular weight is 334 g/mol. The van der Waals surface area contributed by atoms with Gasteiger partial charge in [-0.25, -0.2) is 0 Å². The highest BCUT2D eigenvalue weighted by Gasteiger charge is 2.40. The summed E-state index contributed by atoms with van der Waals surface area (Å²) in [6, 6.07) is 21.8. The number of hydrogen-bond donors (Lipinski definition) is 1. The fourth-order valence-electron chi connectivity index (χ4n) is 3.81. The van der Waals surface area contributed by atoms with Crippen LogP contribution in [0.1, 0.15) is 24.0 Å². The Morgan fingerprint density at radius 1 is 0.958 bits per heavy atom. The second-order valence-electron chi connectivity index (χ2n) is 6.29. The summed E-state index contributed by atoms with van der Waals surface area (Å²) in [5.41, 5.74) is 3.91. The fourth-order valence-corrected chi connectivity index (χ4v) is 4.59. The van der Waals surface area contributed by atoms with E-state index < -0.39 is 0 Å². The molecule has 1 fully saturated rings. The van der Waals surface area contributed by atoms with Crippen LogP contribution in [-0.2, 0) is 5.41 Å². The molecule has 1 saturated heterocycles. The zero-order valence-electron chi connectivity index (χ0n) is 13.7. The molecule has 0 spiro atoms. The predicted octanol–water partition coefficient (Wildman–Crippen LogP) is 4.39. The van der Waals surface area contributed by atoms with Gasteiger partial charge in [-0.2, -0.15) is 0 Å². The Balaban J connectivity index is 1.90. The molecule has 2 aromatic carbocycles. The van der Waals surface area contributed by atoms with E-state index in [0.29, 0.717) is 0 Å². The number of aliphatic imine (C=N–C) groups is 1. The van der Waals surface area contributed by atoms with Crippen LogP contribution >= 0.6 is 11.8 Å². The summed E-state index contributed by atoms with van der Waals surface area (Å²) in [6.45, 7) is 1.97. The lowest BCUT2D eigenvalue weighted by atomic mass is 9.67. The van der Waals surface area contributed by atoms with E-state index in [2.05, 4.69) is 77.0 Å². The first kappa shape index (κ1) is 15.5. The highest BCUT2D eigenvalue weighted by Crippen LogP contribution is 2.44. The summed E-state index contributed by atoms with van der Waals surface area (Å²) >= 11 is 1.86. The van der Waals surface area contributed by atoms with E-state index in [0.717, 1.165) is 30.3 Å². The second-order valence-corrected chi connectivity index (χ2v) is 7.41. The van der Waals surface area contributed by atoms with E-state index in [-0.39, 0.29) is 5.41 Å². The van der Waals surface area contributed by atoms with Crippen LogP contribution in [0.25, 0.3) is 0 Å². The van der Waals surface area contributed by atoms with Crippen LogP contribution in [0.5, 0.6) is 0 Å². The Morgan fingerprint density at radius 3 is 2.21 bits per heavy atom. The lowest BCUT2D eigenvalue weighted by Crippen LogP contribution is -2.42. The van der Waals surface area contributed by atoms with Crippen molar-refractivity contribution in [3.8, 4) is 0 Å². The van der Waals surface area contributed by atoms with Crippen LogP contribution in [0.15, 0.2) is 77.4 Å². The van der Waals surface area contributed by atoms with Gasteiger partial charge in [0.25, 0.3) is 0 Å². The Labute approximate surface area is 148 Å². The third-order valence-corrected chi connectivity index (χ3v) is 5.84. The number of benzene rings is 2. The van der Waals surface area contributed by atoms with Gasteiger partial charge in [0, 0.05) is 24.5 Å². The molecule has 4 rings (SSSR count). The number of hydrogen-bond acceptors (Lipinski definition) is 3. The molecule has 0 amide bonds. The Hall–Kier alpha value is -2.00. The maximum atomic E-state index is 4.65. The molecule has 2 heterocycles. The normalized spacial score (nSPS) is 21.3. The van der Waals surface area contributed by atoms with Gasteiger partial charge in [-0.1, -0.05) is 60.7 Å². The number of allylic oxidation sites excluding steroid dienone is 1. The zero-order chi connectivity index (χ0) is 16.2. The zero-order valence-corrected chi connectivity index (χ0v) is 14.6. The largest absolute Gasteiger partial charge is 0.387 e. The van der Waals surface area contributed by atoms with Crippen LogP contribution in [0.3, 0.4) is 0 Å². The average Bonchev–Trinajstić information content (AvgIpc) is 3.17. The van der Waals surface area contributed by atoms with Gasteiger partial charge in [0.05, 0.1) is 10.5 Å². The van der Waals surface area contributed by atoms with Gasteiger partial charge in [0.2, 0.25) is 0 Å². The molecule has 2 aliphatic heterocycles. The number of piperidine rings is 1. The molecule has 24 heavy (non-hydrogen) atoms. The minimum absolute atomic E-state index is 0.105. The van der Waals surface area contributed by atoms with E-state index in [9.17, 15) is 0 Å². The molecule has 0 bridgehead atoms. The third-order valence-electron chi connectivity index (χ3n) is 4.91. The van der Waals surface area contributed by atoms with Crippen LogP contribution < -0.4 is 5.32 Å². The minimum atomic E-state index is -0.105. The van der Waals surface area contributed by atoms with Crippen molar-refractivity contribution >= 4 is 16.8 Å². The van der Waals surface area contributed by atoms with Crippen LogP contribution in [0.4, 0.5) is 0 Å². The van der Waals surface area contributed by atoms with Gasteiger partial charge in [0.15, 0.2) is 0 Å². The molecule has 1 N–H and O–H groups in total. The maximum Gasteiger partial charge on any atom is 0.0923 e. The van der Waals surface area contributed by atoms with E-state index in [1.807, 2.05) is 11.8 Å². The number of rotatable bonds is 3. The smallest absolute Gasteiger partial charge is 0.0923 e. The lowest BCUT2D eigenvalue weighted by molar-refractivity contribution is 0.433. The molecule has 2 aliphatic rings. The molecule has 2 aromatic rings.